The molecule has 0 aliphatic heterocycles. The summed E-state index contributed by atoms with van der Waals surface area (Å²) in [4.78, 5) is 22.2. The summed E-state index contributed by atoms with van der Waals surface area (Å²) in [6.07, 6.45) is -6.29. The van der Waals surface area contributed by atoms with Crippen LogP contribution in [0.3, 0.4) is 0 Å². The first kappa shape index (κ1) is 15.0. The minimum atomic E-state index is -2.12. The van der Waals surface area contributed by atoms with Crippen molar-refractivity contribution in [1.82, 2.24) is 0 Å². The Labute approximate surface area is 92.3 Å². The zero-order valence-corrected chi connectivity index (χ0v) is 9.03. The third kappa shape index (κ3) is 4.23. The Morgan fingerprint density at radius 2 is 1.69 bits per heavy atom. The average molecular weight is 236 g/mol. The maximum Gasteiger partial charge on any atom is 0.377 e. The van der Waals surface area contributed by atoms with Gasteiger partial charge in [-0.15, -0.1) is 0 Å². The normalized spacial score (nSPS) is 16.7. The highest BCUT2D eigenvalue weighted by Crippen LogP contribution is 2.03. The van der Waals surface area contributed by atoms with Crippen molar-refractivity contribution in [2.24, 2.45) is 0 Å². The second-order valence-electron chi connectivity index (χ2n) is 3.50. The Morgan fingerprint density at radius 3 is 2.06 bits per heavy atom. The Bertz CT molecular complexity index is 250. The Kier molecular flexibility index (Phi) is 6.12. The van der Waals surface area contributed by atoms with Gasteiger partial charge in [0.1, 0.15) is 12.2 Å². The summed E-state index contributed by atoms with van der Waals surface area (Å²) in [6.45, 7) is 2.18. The summed E-state index contributed by atoms with van der Waals surface area (Å²) in [5, 5.41) is 35.8. The van der Waals surface area contributed by atoms with Crippen molar-refractivity contribution < 1.29 is 34.8 Å². The average Bonchev–Trinajstić information content (AvgIpc) is 2.23. The molecule has 16 heavy (non-hydrogen) atoms. The number of hydrogen-bond donors (Lipinski definition) is 4. The summed E-state index contributed by atoms with van der Waals surface area (Å²) >= 11 is 0. The van der Waals surface area contributed by atoms with Gasteiger partial charge in [-0.25, -0.2) is 4.79 Å². The number of aliphatic hydroxyl groups is 4. The molecule has 0 bridgehead atoms. The standard InChI is InChI=1S/C9H16O7/c1-4(2)16-9(15)8(14)7(13)6(12)5(11)3-10/h4-7,10-13H,3H2,1-2H3/t5-,6+,7-/m0/s1. The van der Waals surface area contributed by atoms with Crippen LogP contribution in [0.5, 0.6) is 0 Å². The molecule has 0 aliphatic carbocycles. The molecule has 0 radical (unpaired) electrons. The van der Waals surface area contributed by atoms with Crippen LogP contribution in [0, 0.1) is 0 Å². The number of aliphatic hydroxyl groups excluding tert-OH is 4. The van der Waals surface area contributed by atoms with E-state index in [0.717, 1.165) is 0 Å². The Balaban J connectivity index is 4.43. The van der Waals surface area contributed by atoms with Crippen LogP contribution < -0.4 is 0 Å². The van der Waals surface area contributed by atoms with Crippen molar-refractivity contribution in [2.45, 2.75) is 38.3 Å². The molecule has 0 heterocycles. The molecule has 0 rings (SSSR count). The van der Waals surface area contributed by atoms with E-state index in [2.05, 4.69) is 4.74 Å². The van der Waals surface area contributed by atoms with Crippen LogP contribution in [0.1, 0.15) is 13.8 Å². The second-order valence-corrected chi connectivity index (χ2v) is 3.50. The Morgan fingerprint density at radius 1 is 1.19 bits per heavy atom. The largest absolute Gasteiger partial charge is 0.457 e. The summed E-state index contributed by atoms with van der Waals surface area (Å²) in [5.41, 5.74) is 0. The van der Waals surface area contributed by atoms with Gasteiger partial charge in [-0.1, -0.05) is 0 Å². The first-order valence-corrected chi connectivity index (χ1v) is 4.71. The number of hydrogen-bond acceptors (Lipinski definition) is 7. The van der Waals surface area contributed by atoms with E-state index in [9.17, 15) is 14.7 Å². The van der Waals surface area contributed by atoms with E-state index in [0.29, 0.717) is 0 Å². The molecule has 0 aromatic rings. The lowest BCUT2D eigenvalue weighted by molar-refractivity contribution is -0.165. The number of ketones is 1. The molecule has 0 fully saturated rings. The van der Waals surface area contributed by atoms with Gasteiger partial charge in [0.25, 0.3) is 5.78 Å². The molecular weight excluding hydrogens is 220 g/mol. The van der Waals surface area contributed by atoms with Crippen LogP contribution in [-0.2, 0) is 14.3 Å². The molecular formula is C9H16O7. The zero-order valence-electron chi connectivity index (χ0n) is 9.03. The fraction of sp³-hybridized carbons (Fsp3) is 0.778. The third-order valence-electron chi connectivity index (χ3n) is 1.72. The first-order valence-electron chi connectivity index (χ1n) is 4.71. The van der Waals surface area contributed by atoms with E-state index in [4.69, 9.17) is 15.3 Å². The lowest BCUT2D eigenvalue weighted by atomic mass is 10.0. The van der Waals surface area contributed by atoms with Gasteiger partial charge < -0.3 is 25.2 Å². The van der Waals surface area contributed by atoms with Gasteiger partial charge in [0.05, 0.1) is 12.7 Å². The van der Waals surface area contributed by atoms with Crippen molar-refractivity contribution in [2.75, 3.05) is 6.61 Å². The Hall–Kier alpha value is -1.02. The van der Waals surface area contributed by atoms with Gasteiger partial charge in [0, 0.05) is 0 Å². The molecule has 0 amide bonds. The number of esters is 1. The smallest absolute Gasteiger partial charge is 0.377 e. The van der Waals surface area contributed by atoms with E-state index in [1.165, 1.54) is 13.8 Å². The molecule has 3 atom stereocenters. The van der Waals surface area contributed by atoms with Crippen LogP contribution in [0.4, 0.5) is 0 Å². The molecule has 0 saturated carbocycles. The maximum atomic E-state index is 11.2. The van der Waals surface area contributed by atoms with Gasteiger partial charge in [-0.3, -0.25) is 4.79 Å². The predicted molar refractivity (Wildman–Crippen MR) is 51.3 cm³/mol. The van der Waals surface area contributed by atoms with Crippen LogP contribution in [0.25, 0.3) is 0 Å². The van der Waals surface area contributed by atoms with Crippen LogP contribution in [-0.4, -0.2) is 63.2 Å². The molecule has 0 aliphatic rings. The van der Waals surface area contributed by atoms with Crippen molar-refractivity contribution in [3.63, 3.8) is 0 Å². The summed E-state index contributed by atoms with van der Waals surface area (Å²) in [7, 11) is 0. The van der Waals surface area contributed by atoms with Gasteiger partial charge in [-0.2, -0.15) is 0 Å². The van der Waals surface area contributed by atoms with Crippen LogP contribution in [0.15, 0.2) is 0 Å². The number of carbonyl (C=O) groups is 2. The highest BCUT2D eigenvalue weighted by atomic mass is 16.5. The SMILES string of the molecule is CC(C)OC(=O)C(=O)[C@@H](O)[C@H](O)[C@@H](O)CO. The summed E-state index contributed by atoms with van der Waals surface area (Å²) in [5.74, 6) is -2.67. The van der Waals surface area contributed by atoms with Crippen LogP contribution in [0.2, 0.25) is 0 Å². The molecule has 0 aromatic heterocycles. The van der Waals surface area contributed by atoms with E-state index >= 15 is 0 Å². The van der Waals surface area contributed by atoms with E-state index in [1.807, 2.05) is 0 Å². The molecule has 0 unspecified atom stereocenters. The lowest BCUT2D eigenvalue weighted by Crippen LogP contribution is -2.46. The zero-order chi connectivity index (χ0) is 12.9. The molecule has 0 aromatic carbocycles. The first-order chi connectivity index (χ1) is 7.31. The van der Waals surface area contributed by atoms with Gasteiger partial charge in [-0.05, 0) is 13.8 Å². The molecule has 94 valence electrons. The van der Waals surface area contributed by atoms with Crippen molar-refractivity contribution in [3.8, 4) is 0 Å². The molecule has 0 spiro atoms. The van der Waals surface area contributed by atoms with E-state index in [1.54, 1.807) is 0 Å². The summed E-state index contributed by atoms with van der Waals surface area (Å²) < 4.78 is 4.49. The maximum absolute atomic E-state index is 11.2. The summed E-state index contributed by atoms with van der Waals surface area (Å²) in [6, 6.07) is 0. The number of rotatable bonds is 6. The highest BCUT2D eigenvalue weighted by molar-refractivity contribution is 6.35. The second kappa shape index (κ2) is 6.54. The van der Waals surface area contributed by atoms with Crippen molar-refractivity contribution >= 4 is 11.8 Å². The van der Waals surface area contributed by atoms with Crippen LogP contribution >= 0.6 is 0 Å². The van der Waals surface area contributed by atoms with Gasteiger partial charge in [0.2, 0.25) is 0 Å². The lowest BCUT2D eigenvalue weighted by Gasteiger charge is -2.20. The highest BCUT2D eigenvalue weighted by Gasteiger charge is 2.34. The molecule has 7 nitrogen and oxygen atoms in total. The molecule has 4 N–H and O–H groups in total. The number of Topliss-reactive ketones (excluding diaryl/α,β-unsaturated/α-hetero) is 1. The fourth-order valence-corrected chi connectivity index (χ4v) is 0.866. The van der Waals surface area contributed by atoms with E-state index < -0.39 is 42.8 Å². The van der Waals surface area contributed by atoms with E-state index in [-0.39, 0.29) is 0 Å². The minimum Gasteiger partial charge on any atom is -0.457 e. The molecule has 0 saturated heterocycles. The fourth-order valence-electron chi connectivity index (χ4n) is 0.866. The quantitative estimate of drug-likeness (QED) is 0.299. The number of carbonyl (C=O) groups excluding carboxylic acids is 2. The number of ether oxygens (including phenoxy) is 1. The van der Waals surface area contributed by atoms with Gasteiger partial charge in [0.15, 0.2) is 6.10 Å². The third-order valence-corrected chi connectivity index (χ3v) is 1.72. The van der Waals surface area contributed by atoms with Crippen molar-refractivity contribution in [3.05, 3.63) is 0 Å². The molecule has 7 heteroatoms. The van der Waals surface area contributed by atoms with Gasteiger partial charge >= 0.3 is 5.97 Å². The topological polar surface area (TPSA) is 124 Å². The minimum absolute atomic E-state index is 0.538. The van der Waals surface area contributed by atoms with Crippen molar-refractivity contribution in [1.29, 1.82) is 0 Å². The monoisotopic (exact) mass is 236 g/mol. The predicted octanol–water partition coefficient (Wildman–Crippen LogP) is -2.42.